The van der Waals surface area contributed by atoms with E-state index in [-0.39, 0.29) is 18.1 Å². The number of hydrogen-bond acceptors (Lipinski definition) is 4. The van der Waals surface area contributed by atoms with Crippen molar-refractivity contribution in [2.75, 3.05) is 5.32 Å². The van der Waals surface area contributed by atoms with E-state index in [1.165, 1.54) is 6.21 Å². The summed E-state index contributed by atoms with van der Waals surface area (Å²) < 4.78 is 0. The second-order valence-corrected chi connectivity index (χ2v) is 5.18. The molecule has 0 saturated heterocycles. The summed E-state index contributed by atoms with van der Waals surface area (Å²) in [5.41, 5.74) is 2.96. The van der Waals surface area contributed by atoms with E-state index >= 15 is 0 Å². The highest BCUT2D eigenvalue weighted by molar-refractivity contribution is 6.05. The van der Waals surface area contributed by atoms with Crippen LogP contribution >= 0.6 is 0 Å². The molecule has 0 bridgehead atoms. The third kappa shape index (κ3) is 5.07. The van der Waals surface area contributed by atoms with Gasteiger partial charge >= 0.3 is 0 Å². The standard InChI is InChI=1S/C18H19N3O2/c1-13-7-3-5-9-16(13)20-18(23)11-14(2)21-19-12-15-8-4-6-10-17(15)22/h3-10,12,22H,11H2,1-2H3,(H,20,23)/b19-12+,21-14+. The number of anilines is 1. The Morgan fingerprint density at radius 1 is 1.17 bits per heavy atom. The summed E-state index contributed by atoms with van der Waals surface area (Å²) in [5.74, 6) is -0.000271. The van der Waals surface area contributed by atoms with Gasteiger partial charge in [-0.1, -0.05) is 30.3 Å². The Labute approximate surface area is 135 Å². The fraction of sp³-hybridized carbons (Fsp3) is 0.167. The van der Waals surface area contributed by atoms with E-state index in [1.54, 1.807) is 31.2 Å². The topological polar surface area (TPSA) is 74.0 Å². The van der Waals surface area contributed by atoms with Crippen molar-refractivity contribution >= 4 is 23.5 Å². The second kappa shape index (κ2) is 7.89. The van der Waals surface area contributed by atoms with Gasteiger partial charge in [0, 0.05) is 17.0 Å². The van der Waals surface area contributed by atoms with Crippen molar-refractivity contribution in [3.8, 4) is 5.75 Å². The Kier molecular flexibility index (Phi) is 5.63. The van der Waals surface area contributed by atoms with E-state index in [4.69, 9.17) is 0 Å². The number of aryl methyl sites for hydroxylation is 1. The predicted molar refractivity (Wildman–Crippen MR) is 93.2 cm³/mol. The van der Waals surface area contributed by atoms with Crippen molar-refractivity contribution in [3.05, 3.63) is 59.7 Å². The highest BCUT2D eigenvalue weighted by Gasteiger charge is 2.05. The molecule has 0 aliphatic heterocycles. The van der Waals surface area contributed by atoms with Gasteiger partial charge in [0.15, 0.2) is 0 Å². The Morgan fingerprint density at radius 2 is 1.87 bits per heavy atom. The molecule has 0 spiro atoms. The number of carbonyl (C=O) groups excluding carboxylic acids is 1. The Balaban J connectivity index is 1.93. The molecule has 0 aliphatic rings. The minimum atomic E-state index is -0.140. The number of rotatable bonds is 5. The van der Waals surface area contributed by atoms with Crippen molar-refractivity contribution in [3.63, 3.8) is 0 Å². The first kappa shape index (κ1) is 16.4. The Morgan fingerprint density at radius 3 is 2.61 bits per heavy atom. The first-order valence-electron chi connectivity index (χ1n) is 7.26. The SMILES string of the molecule is C/C(CC(=O)Nc1ccccc1C)=N\N=C\c1ccccc1O. The van der Waals surface area contributed by atoms with Gasteiger partial charge in [0.05, 0.1) is 12.6 Å². The van der Waals surface area contributed by atoms with Gasteiger partial charge in [-0.25, -0.2) is 0 Å². The van der Waals surface area contributed by atoms with Crippen LogP contribution in [0.25, 0.3) is 0 Å². The normalized spacial score (nSPS) is 11.7. The van der Waals surface area contributed by atoms with Crippen molar-refractivity contribution in [2.24, 2.45) is 10.2 Å². The molecule has 5 heteroatoms. The molecule has 23 heavy (non-hydrogen) atoms. The molecule has 2 aromatic carbocycles. The highest BCUT2D eigenvalue weighted by atomic mass is 16.3. The largest absolute Gasteiger partial charge is 0.507 e. The minimum Gasteiger partial charge on any atom is -0.507 e. The summed E-state index contributed by atoms with van der Waals surface area (Å²) in [6.07, 6.45) is 1.62. The third-order valence-electron chi connectivity index (χ3n) is 3.20. The summed E-state index contributed by atoms with van der Waals surface area (Å²) in [4.78, 5) is 12.0. The van der Waals surface area contributed by atoms with Crippen LogP contribution in [0.3, 0.4) is 0 Å². The smallest absolute Gasteiger partial charge is 0.230 e. The summed E-state index contributed by atoms with van der Waals surface area (Å²) in [6, 6.07) is 14.4. The van der Waals surface area contributed by atoms with Crippen LogP contribution in [0.15, 0.2) is 58.7 Å². The van der Waals surface area contributed by atoms with Crippen LogP contribution in [-0.4, -0.2) is 22.9 Å². The number of amides is 1. The molecule has 5 nitrogen and oxygen atoms in total. The minimum absolute atomic E-state index is 0.140. The maximum atomic E-state index is 12.0. The van der Waals surface area contributed by atoms with E-state index in [2.05, 4.69) is 15.5 Å². The van der Waals surface area contributed by atoms with Gasteiger partial charge in [-0.2, -0.15) is 10.2 Å². The number of para-hydroxylation sites is 2. The molecule has 0 saturated carbocycles. The van der Waals surface area contributed by atoms with E-state index in [0.717, 1.165) is 11.3 Å². The molecule has 2 aromatic rings. The average Bonchev–Trinajstić information content (AvgIpc) is 2.51. The molecule has 0 unspecified atom stereocenters. The van der Waals surface area contributed by atoms with Gasteiger partial charge in [0.1, 0.15) is 5.75 Å². The molecule has 0 aromatic heterocycles. The molecule has 0 heterocycles. The van der Waals surface area contributed by atoms with E-state index in [0.29, 0.717) is 11.3 Å². The number of aromatic hydroxyl groups is 1. The van der Waals surface area contributed by atoms with Crippen LogP contribution in [0.4, 0.5) is 5.69 Å². The monoisotopic (exact) mass is 309 g/mol. The molecule has 0 atom stereocenters. The fourth-order valence-electron chi connectivity index (χ4n) is 1.96. The fourth-order valence-corrected chi connectivity index (χ4v) is 1.96. The molecule has 2 rings (SSSR count). The Hall–Kier alpha value is -2.95. The lowest BCUT2D eigenvalue weighted by Gasteiger charge is -2.07. The molecule has 1 amide bonds. The summed E-state index contributed by atoms with van der Waals surface area (Å²) in [5, 5.41) is 20.3. The molecular weight excluding hydrogens is 290 g/mol. The number of phenolic OH excluding ortho intramolecular Hbond substituents is 1. The first-order chi connectivity index (χ1) is 11.1. The van der Waals surface area contributed by atoms with Gasteiger partial charge in [-0.15, -0.1) is 0 Å². The highest BCUT2D eigenvalue weighted by Crippen LogP contribution is 2.14. The van der Waals surface area contributed by atoms with Crippen LogP contribution in [0, 0.1) is 6.92 Å². The number of phenols is 1. The van der Waals surface area contributed by atoms with Crippen LogP contribution in [0.5, 0.6) is 5.75 Å². The van der Waals surface area contributed by atoms with E-state index < -0.39 is 0 Å². The molecule has 2 N–H and O–H groups in total. The lowest BCUT2D eigenvalue weighted by atomic mass is 10.2. The van der Waals surface area contributed by atoms with Crippen LogP contribution in [0.1, 0.15) is 24.5 Å². The van der Waals surface area contributed by atoms with Gasteiger partial charge < -0.3 is 10.4 Å². The Bertz CT molecular complexity index is 751. The van der Waals surface area contributed by atoms with E-state index in [9.17, 15) is 9.90 Å². The summed E-state index contributed by atoms with van der Waals surface area (Å²) in [7, 11) is 0. The predicted octanol–water partition coefficient (Wildman–Crippen LogP) is 3.52. The molecular formula is C18H19N3O2. The van der Waals surface area contributed by atoms with Crippen LogP contribution < -0.4 is 5.32 Å². The lowest BCUT2D eigenvalue weighted by Crippen LogP contribution is -2.15. The maximum Gasteiger partial charge on any atom is 0.230 e. The zero-order valence-electron chi connectivity index (χ0n) is 13.2. The zero-order chi connectivity index (χ0) is 16.7. The quantitative estimate of drug-likeness (QED) is 0.655. The zero-order valence-corrected chi connectivity index (χ0v) is 13.2. The number of nitrogens with zero attached hydrogens (tertiary/aromatic N) is 2. The van der Waals surface area contributed by atoms with E-state index in [1.807, 2.05) is 31.2 Å². The van der Waals surface area contributed by atoms with Gasteiger partial charge in [-0.3, -0.25) is 4.79 Å². The van der Waals surface area contributed by atoms with Crippen LogP contribution in [-0.2, 0) is 4.79 Å². The van der Waals surface area contributed by atoms with Gasteiger partial charge in [0.2, 0.25) is 5.91 Å². The number of hydrogen-bond donors (Lipinski definition) is 2. The van der Waals surface area contributed by atoms with Crippen molar-refractivity contribution in [1.82, 2.24) is 0 Å². The summed E-state index contributed by atoms with van der Waals surface area (Å²) in [6.45, 7) is 3.67. The molecule has 0 aliphatic carbocycles. The third-order valence-corrected chi connectivity index (χ3v) is 3.20. The number of nitrogens with one attached hydrogen (secondary N) is 1. The van der Waals surface area contributed by atoms with Crippen molar-refractivity contribution in [2.45, 2.75) is 20.3 Å². The maximum absolute atomic E-state index is 12.0. The average molecular weight is 309 g/mol. The second-order valence-electron chi connectivity index (χ2n) is 5.18. The number of carbonyl (C=O) groups is 1. The van der Waals surface area contributed by atoms with Crippen molar-refractivity contribution < 1.29 is 9.90 Å². The first-order valence-corrected chi connectivity index (χ1v) is 7.26. The molecule has 0 fully saturated rings. The molecule has 118 valence electrons. The van der Waals surface area contributed by atoms with Crippen molar-refractivity contribution in [1.29, 1.82) is 0 Å². The van der Waals surface area contributed by atoms with Crippen LogP contribution in [0.2, 0.25) is 0 Å². The number of benzene rings is 2. The molecule has 0 radical (unpaired) electrons. The van der Waals surface area contributed by atoms with Gasteiger partial charge in [0.25, 0.3) is 0 Å². The summed E-state index contributed by atoms with van der Waals surface area (Å²) >= 11 is 0. The van der Waals surface area contributed by atoms with Gasteiger partial charge in [-0.05, 0) is 37.6 Å². The lowest BCUT2D eigenvalue weighted by molar-refractivity contribution is -0.115.